The molecule has 0 radical (unpaired) electrons. The first-order valence-corrected chi connectivity index (χ1v) is 9.29. The molecule has 1 aliphatic heterocycles. The predicted octanol–water partition coefficient (Wildman–Crippen LogP) is 3.64. The van der Waals surface area contributed by atoms with E-state index in [-0.39, 0.29) is 5.91 Å². The highest BCUT2D eigenvalue weighted by Gasteiger charge is 2.24. The minimum absolute atomic E-state index is 0.00845. The molecule has 1 fully saturated rings. The number of carbonyl (C=O) groups is 1. The lowest BCUT2D eigenvalue weighted by Gasteiger charge is -2.31. The minimum atomic E-state index is -0.00845. The number of likely N-dealkylation sites (tertiary alicyclic amines) is 1. The maximum atomic E-state index is 12.7. The molecule has 1 saturated heterocycles. The fraction of sp³-hybridized carbons (Fsp3) is 0.444. The van der Waals surface area contributed by atoms with Gasteiger partial charge in [0.05, 0.1) is 15.7 Å². The molecule has 1 aromatic heterocycles. The second-order valence-corrected chi connectivity index (χ2v) is 7.19. The van der Waals surface area contributed by atoms with Crippen molar-refractivity contribution in [3.8, 4) is 5.69 Å². The molecule has 0 saturated carbocycles. The van der Waals surface area contributed by atoms with Crippen LogP contribution in [0.1, 0.15) is 29.8 Å². The Kier molecular flexibility index (Phi) is 5.99. The van der Waals surface area contributed by atoms with Gasteiger partial charge in [0.1, 0.15) is 0 Å². The molecule has 0 unspecified atom stereocenters. The molecular formula is C18H22Cl2N4O. The molecule has 1 aliphatic rings. The van der Waals surface area contributed by atoms with Gasteiger partial charge in [-0.1, -0.05) is 23.2 Å². The molecule has 5 nitrogen and oxygen atoms in total. The zero-order valence-electron chi connectivity index (χ0n) is 14.2. The Morgan fingerprint density at radius 1 is 1.24 bits per heavy atom. The molecule has 7 heteroatoms. The summed E-state index contributed by atoms with van der Waals surface area (Å²) in [6.07, 6.45) is 5.05. The average Bonchev–Trinajstić information content (AvgIpc) is 3.12. The number of amides is 1. The first-order valence-electron chi connectivity index (χ1n) is 8.53. The van der Waals surface area contributed by atoms with Crippen molar-refractivity contribution in [3.05, 3.63) is 46.2 Å². The smallest absolute Gasteiger partial charge is 0.274 e. The van der Waals surface area contributed by atoms with E-state index in [4.69, 9.17) is 23.2 Å². The van der Waals surface area contributed by atoms with Crippen LogP contribution in [0, 0.1) is 5.92 Å². The van der Waals surface area contributed by atoms with Gasteiger partial charge in [0.25, 0.3) is 5.91 Å². The monoisotopic (exact) mass is 380 g/mol. The second-order valence-electron chi connectivity index (χ2n) is 6.37. The van der Waals surface area contributed by atoms with Crippen molar-refractivity contribution in [1.82, 2.24) is 20.0 Å². The van der Waals surface area contributed by atoms with Crippen molar-refractivity contribution in [2.45, 2.75) is 19.3 Å². The summed E-state index contributed by atoms with van der Waals surface area (Å²) in [7, 11) is 1.98. The number of hydrogen-bond acceptors (Lipinski definition) is 3. The van der Waals surface area contributed by atoms with E-state index in [1.807, 2.05) is 18.0 Å². The van der Waals surface area contributed by atoms with Gasteiger partial charge in [-0.05, 0) is 63.0 Å². The van der Waals surface area contributed by atoms with Crippen molar-refractivity contribution in [3.63, 3.8) is 0 Å². The highest BCUT2D eigenvalue weighted by Crippen LogP contribution is 2.25. The highest BCUT2D eigenvalue weighted by atomic mass is 35.5. The van der Waals surface area contributed by atoms with Gasteiger partial charge in [-0.2, -0.15) is 5.10 Å². The molecule has 1 aromatic carbocycles. The maximum Gasteiger partial charge on any atom is 0.274 e. The number of rotatable bonds is 5. The summed E-state index contributed by atoms with van der Waals surface area (Å²) in [6.45, 7) is 2.63. The number of nitrogens with one attached hydrogen (secondary N) is 1. The van der Waals surface area contributed by atoms with Crippen LogP contribution in [0.3, 0.4) is 0 Å². The number of carbonyl (C=O) groups excluding carboxylic acids is 1. The van der Waals surface area contributed by atoms with Crippen LogP contribution in [-0.4, -0.2) is 47.3 Å². The molecule has 1 N–H and O–H groups in total. The van der Waals surface area contributed by atoms with Crippen LogP contribution in [-0.2, 0) is 0 Å². The van der Waals surface area contributed by atoms with Crippen LogP contribution in [0.2, 0.25) is 10.0 Å². The SMILES string of the molecule is CNCCC1CCN(C(=O)c2ccn(-c3ccc(Cl)c(Cl)c3)n2)CC1. The van der Waals surface area contributed by atoms with Gasteiger partial charge in [0.15, 0.2) is 5.69 Å². The first kappa shape index (κ1) is 18.2. The van der Waals surface area contributed by atoms with Gasteiger partial charge >= 0.3 is 0 Å². The van der Waals surface area contributed by atoms with Crippen LogP contribution >= 0.6 is 23.2 Å². The van der Waals surface area contributed by atoms with Crippen LogP contribution in [0.15, 0.2) is 30.5 Å². The third-order valence-corrected chi connectivity index (χ3v) is 5.42. The third-order valence-electron chi connectivity index (χ3n) is 4.68. The Morgan fingerprint density at radius 2 is 2.00 bits per heavy atom. The lowest BCUT2D eigenvalue weighted by Crippen LogP contribution is -2.39. The molecule has 0 bridgehead atoms. The summed E-state index contributed by atoms with van der Waals surface area (Å²) in [5.74, 6) is 0.691. The van der Waals surface area contributed by atoms with Gasteiger partial charge in [-0.25, -0.2) is 4.68 Å². The van der Waals surface area contributed by atoms with Gasteiger partial charge in [0.2, 0.25) is 0 Å². The van der Waals surface area contributed by atoms with E-state index >= 15 is 0 Å². The predicted molar refractivity (Wildman–Crippen MR) is 101 cm³/mol. The van der Waals surface area contributed by atoms with E-state index in [0.29, 0.717) is 21.7 Å². The Bertz CT molecular complexity index is 738. The van der Waals surface area contributed by atoms with Crippen LogP contribution in [0.25, 0.3) is 5.69 Å². The summed E-state index contributed by atoms with van der Waals surface area (Å²) >= 11 is 12.0. The molecule has 2 aromatic rings. The molecule has 3 rings (SSSR count). The number of piperidine rings is 1. The topological polar surface area (TPSA) is 50.2 Å². The van der Waals surface area contributed by atoms with Crippen LogP contribution < -0.4 is 5.32 Å². The van der Waals surface area contributed by atoms with E-state index < -0.39 is 0 Å². The van der Waals surface area contributed by atoms with Crippen LogP contribution in [0.4, 0.5) is 0 Å². The quantitative estimate of drug-likeness (QED) is 0.861. The summed E-state index contributed by atoms with van der Waals surface area (Å²) in [5, 5.41) is 8.56. The minimum Gasteiger partial charge on any atom is -0.337 e. The van der Waals surface area contributed by atoms with E-state index in [9.17, 15) is 4.79 Å². The second kappa shape index (κ2) is 8.21. The number of nitrogens with zero attached hydrogens (tertiary/aromatic N) is 3. The maximum absolute atomic E-state index is 12.7. The van der Waals surface area contributed by atoms with Crippen molar-refractivity contribution in [2.24, 2.45) is 5.92 Å². The largest absolute Gasteiger partial charge is 0.337 e. The number of benzene rings is 1. The summed E-state index contributed by atoms with van der Waals surface area (Å²) < 4.78 is 1.65. The van der Waals surface area contributed by atoms with E-state index in [1.165, 1.54) is 6.42 Å². The molecule has 2 heterocycles. The molecular weight excluding hydrogens is 359 g/mol. The Hall–Kier alpha value is -1.56. The fourth-order valence-electron chi connectivity index (χ4n) is 3.14. The van der Waals surface area contributed by atoms with E-state index in [1.54, 1.807) is 29.1 Å². The lowest BCUT2D eigenvalue weighted by molar-refractivity contribution is 0.0680. The van der Waals surface area contributed by atoms with Crippen molar-refractivity contribution in [2.75, 3.05) is 26.7 Å². The normalized spacial score (nSPS) is 15.6. The zero-order chi connectivity index (χ0) is 17.8. The summed E-state index contributed by atoms with van der Waals surface area (Å²) in [4.78, 5) is 14.6. The summed E-state index contributed by atoms with van der Waals surface area (Å²) in [5.41, 5.74) is 1.24. The molecule has 25 heavy (non-hydrogen) atoms. The molecule has 0 aliphatic carbocycles. The molecule has 1 amide bonds. The molecule has 0 atom stereocenters. The Labute approximate surface area is 157 Å². The first-order chi connectivity index (χ1) is 12.1. The third kappa shape index (κ3) is 4.35. The van der Waals surface area contributed by atoms with Crippen LogP contribution in [0.5, 0.6) is 0 Å². The highest BCUT2D eigenvalue weighted by molar-refractivity contribution is 6.42. The zero-order valence-corrected chi connectivity index (χ0v) is 15.7. The van der Waals surface area contributed by atoms with Crippen molar-refractivity contribution >= 4 is 29.1 Å². The van der Waals surface area contributed by atoms with Gasteiger partial charge in [-0.15, -0.1) is 0 Å². The average molecular weight is 381 g/mol. The van der Waals surface area contributed by atoms with Gasteiger partial charge < -0.3 is 10.2 Å². The summed E-state index contributed by atoms with van der Waals surface area (Å²) in [6, 6.07) is 7.03. The fourth-order valence-corrected chi connectivity index (χ4v) is 3.44. The van der Waals surface area contributed by atoms with Gasteiger partial charge in [-0.3, -0.25) is 4.79 Å². The van der Waals surface area contributed by atoms with Crippen molar-refractivity contribution < 1.29 is 4.79 Å². The number of aromatic nitrogens is 2. The van der Waals surface area contributed by atoms with E-state index in [2.05, 4.69) is 10.4 Å². The Balaban J connectivity index is 1.64. The Morgan fingerprint density at radius 3 is 2.68 bits per heavy atom. The van der Waals surface area contributed by atoms with Crippen molar-refractivity contribution in [1.29, 1.82) is 0 Å². The molecule has 134 valence electrons. The lowest BCUT2D eigenvalue weighted by atomic mass is 9.93. The standard InChI is InChI=1S/C18H22Cl2N4O/c1-21-8-4-13-5-9-23(10-6-13)18(25)17-7-11-24(22-17)14-2-3-15(19)16(20)12-14/h2-3,7,11-13,21H,4-6,8-10H2,1H3. The number of halogens is 2. The van der Waals surface area contributed by atoms with E-state index in [0.717, 1.165) is 38.2 Å². The molecule has 0 spiro atoms. The number of hydrogen-bond donors (Lipinski definition) is 1. The van der Waals surface area contributed by atoms with Gasteiger partial charge in [0, 0.05) is 19.3 Å².